The first-order valence-electron chi connectivity index (χ1n) is 9.76. The van der Waals surface area contributed by atoms with Gasteiger partial charge in [0.15, 0.2) is 0 Å². The van der Waals surface area contributed by atoms with E-state index in [0.717, 1.165) is 9.91 Å². The molecule has 3 aromatic heterocycles. The molecular weight excluding hydrogens is 434 g/mol. The highest BCUT2D eigenvalue weighted by atomic mass is 32.1. The molecule has 1 aliphatic rings. The molecule has 1 N–H and O–H groups in total. The highest BCUT2D eigenvalue weighted by Gasteiger charge is 2.49. The van der Waals surface area contributed by atoms with Gasteiger partial charge in [-0.2, -0.15) is 9.61 Å². The van der Waals surface area contributed by atoms with Crippen molar-refractivity contribution in [1.82, 2.24) is 45.0 Å². The zero-order chi connectivity index (χ0) is 22.5. The molecule has 32 heavy (non-hydrogen) atoms. The van der Waals surface area contributed by atoms with Crippen molar-refractivity contribution in [3.05, 3.63) is 63.3 Å². The fourth-order valence-electron chi connectivity index (χ4n) is 3.56. The zero-order valence-corrected chi connectivity index (χ0v) is 17.9. The van der Waals surface area contributed by atoms with Gasteiger partial charge in [0.2, 0.25) is 4.96 Å². The molecule has 0 saturated carbocycles. The summed E-state index contributed by atoms with van der Waals surface area (Å²) in [5.41, 5.74) is -0.113. The lowest BCUT2D eigenvalue weighted by molar-refractivity contribution is -0.131. The van der Waals surface area contributed by atoms with Crippen molar-refractivity contribution in [1.29, 1.82) is 0 Å². The molecule has 1 fully saturated rings. The van der Waals surface area contributed by atoms with Crippen LogP contribution in [0.1, 0.15) is 30.1 Å². The normalized spacial score (nSPS) is 18.5. The van der Waals surface area contributed by atoms with Crippen molar-refractivity contribution in [3.8, 4) is 5.69 Å². The van der Waals surface area contributed by atoms with Crippen molar-refractivity contribution >= 4 is 28.2 Å². The second-order valence-electron chi connectivity index (χ2n) is 7.38. The van der Waals surface area contributed by atoms with Gasteiger partial charge >= 0.3 is 6.03 Å². The van der Waals surface area contributed by atoms with E-state index < -0.39 is 17.5 Å². The van der Waals surface area contributed by atoms with Gasteiger partial charge in [0.05, 0.1) is 17.9 Å². The summed E-state index contributed by atoms with van der Waals surface area (Å²) in [4.78, 5) is 44.4. The fourth-order valence-corrected chi connectivity index (χ4v) is 4.41. The second-order valence-corrected chi connectivity index (χ2v) is 8.42. The van der Waals surface area contributed by atoms with Crippen LogP contribution in [-0.4, -0.2) is 51.6 Å². The van der Waals surface area contributed by atoms with E-state index in [2.05, 4.69) is 30.9 Å². The smallest absolute Gasteiger partial charge is 0.319 e. The molecule has 4 aromatic rings. The molecule has 0 spiro atoms. The Morgan fingerprint density at radius 3 is 2.78 bits per heavy atom. The van der Waals surface area contributed by atoms with Crippen LogP contribution in [0.4, 0.5) is 4.79 Å². The van der Waals surface area contributed by atoms with E-state index >= 15 is 0 Å². The van der Waals surface area contributed by atoms with Gasteiger partial charge in [0.25, 0.3) is 11.5 Å². The number of nitrogens with zero attached hydrogens (tertiary/aromatic N) is 8. The molecule has 1 aliphatic heterocycles. The Bertz CT molecular complexity index is 1410. The number of carbonyl (C=O) groups is 2. The number of hydrogen-bond acceptors (Lipinski definition) is 9. The van der Waals surface area contributed by atoms with Gasteiger partial charge in [0.1, 0.15) is 16.9 Å². The predicted molar refractivity (Wildman–Crippen MR) is 112 cm³/mol. The summed E-state index contributed by atoms with van der Waals surface area (Å²) in [6.45, 7) is 3.44. The molecule has 1 aromatic carbocycles. The predicted octanol–water partition coefficient (Wildman–Crippen LogP) is 0.656. The van der Waals surface area contributed by atoms with E-state index in [-0.39, 0.29) is 12.1 Å². The quantitative estimate of drug-likeness (QED) is 0.436. The summed E-state index contributed by atoms with van der Waals surface area (Å²) in [7, 11) is 0. The molecule has 0 aliphatic carbocycles. The van der Waals surface area contributed by atoms with Crippen LogP contribution >= 0.6 is 11.3 Å². The lowest BCUT2D eigenvalue weighted by atomic mass is 9.91. The molecule has 13 heteroatoms. The molecule has 1 unspecified atom stereocenters. The lowest BCUT2D eigenvalue weighted by Gasteiger charge is -2.22. The molecule has 5 rings (SSSR count). The summed E-state index contributed by atoms with van der Waals surface area (Å²) < 4.78 is 2.69. The van der Waals surface area contributed by atoms with Crippen LogP contribution in [-0.2, 0) is 23.3 Å². The van der Waals surface area contributed by atoms with Gasteiger partial charge in [-0.1, -0.05) is 30.4 Å². The number of carbonyl (C=O) groups excluding carboxylic acids is 2. The first kappa shape index (κ1) is 19.9. The summed E-state index contributed by atoms with van der Waals surface area (Å²) in [6.07, 6.45) is 2.12. The third kappa shape index (κ3) is 3.13. The molecule has 162 valence electrons. The molecule has 1 atom stereocenters. The van der Waals surface area contributed by atoms with Gasteiger partial charge in [-0.05, 0) is 41.5 Å². The van der Waals surface area contributed by atoms with Crippen LogP contribution in [0.15, 0.2) is 41.5 Å². The minimum Gasteiger partial charge on any atom is -0.319 e. The minimum absolute atomic E-state index is 0.127. The third-order valence-electron chi connectivity index (χ3n) is 5.27. The monoisotopic (exact) mass is 451 g/mol. The molecule has 0 radical (unpaired) electrons. The number of benzene rings is 1. The van der Waals surface area contributed by atoms with E-state index in [1.165, 1.54) is 32.9 Å². The maximum Gasteiger partial charge on any atom is 0.325 e. The first-order chi connectivity index (χ1) is 15.4. The topological polar surface area (TPSA) is 140 Å². The summed E-state index contributed by atoms with van der Waals surface area (Å²) >= 11 is 1.30. The number of amides is 3. The zero-order valence-electron chi connectivity index (χ0n) is 17.1. The van der Waals surface area contributed by atoms with Crippen molar-refractivity contribution in [2.75, 3.05) is 0 Å². The summed E-state index contributed by atoms with van der Waals surface area (Å²) in [6, 6.07) is 7.75. The summed E-state index contributed by atoms with van der Waals surface area (Å²) in [5, 5.41) is 18.8. The number of aryl methyl sites for hydroxylation is 1. The Labute approximate surface area is 184 Å². The molecule has 12 nitrogen and oxygen atoms in total. The number of hydrogen-bond donors (Lipinski definition) is 1. The Kier molecular flexibility index (Phi) is 4.55. The van der Waals surface area contributed by atoms with Crippen molar-refractivity contribution < 1.29 is 9.59 Å². The molecular formula is C19H17N9O3S. The van der Waals surface area contributed by atoms with E-state index in [1.54, 1.807) is 31.2 Å². The molecule has 4 heterocycles. The maximum atomic E-state index is 13.3. The SMILES string of the molecule is CCc1nn2c(=O)cc(CN3C(=O)NC(C)(c4cccc(-n5cnnn5)c4)C3=O)nc2s1. The van der Waals surface area contributed by atoms with Crippen molar-refractivity contribution in [2.45, 2.75) is 32.4 Å². The van der Waals surface area contributed by atoms with Gasteiger partial charge in [0, 0.05) is 6.07 Å². The summed E-state index contributed by atoms with van der Waals surface area (Å²) in [5.74, 6) is -0.447. The minimum atomic E-state index is -1.29. The largest absolute Gasteiger partial charge is 0.325 e. The van der Waals surface area contributed by atoms with Crippen LogP contribution in [0.25, 0.3) is 10.6 Å². The Hall–Kier alpha value is -4.00. The van der Waals surface area contributed by atoms with Gasteiger partial charge in [-0.15, -0.1) is 5.10 Å². The molecule has 3 amide bonds. The van der Waals surface area contributed by atoms with E-state index in [1.807, 2.05) is 6.92 Å². The highest BCUT2D eigenvalue weighted by molar-refractivity contribution is 7.16. The van der Waals surface area contributed by atoms with Crippen LogP contribution in [0.2, 0.25) is 0 Å². The van der Waals surface area contributed by atoms with E-state index in [0.29, 0.717) is 28.3 Å². The Morgan fingerprint density at radius 2 is 2.03 bits per heavy atom. The number of tetrazole rings is 1. The fraction of sp³-hybridized carbons (Fsp3) is 0.263. The van der Waals surface area contributed by atoms with Gasteiger partial charge in [-0.3, -0.25) is 14.5 Å². The number of nitrogens with one attached hydrogen (secondary N) is 1. The average Bonchev–Trinajstić information content (AvgIpc) is 3.50. The molecule has 0 bridgehead atoms. The average molecular weight is 451 g/mol. The van der Waals surface area contributed by atoms with Crippen LogP contribution in [0.5, 0.6) is 0 Å². The number of aromatic nitrogens is 7. The Morgan fingerprint density at radius 1 is 1.19 bits per heavy atom. The van der Waals surface area contributed by atoms with E-state index in [9.17, 15) is 14.4 Å². The van der Waals surface area contributed by atoms with Crippen molar-refractivity contribution in [2.24, 2.45) is 0 Å². The first-order valence-corrected chi connectivity index (χ1v) is 10.6. The van der Waals surface area contributed by atoms with Crippen molar-refractivity contribution in [3.63, 3.8) is 0 Å². The standard InChI is InChI=1S/C19H17N9O3S/c1-3-14-23-28-15(29)8-12(21-18(28)32-14)9-26-16(30)19(2,22-17(26)31)11-5-4-6-13(7-11)27-10-20-24-25-27/h4-8,10H,3,9H2,1-2H3,(H,22,31). The van der Waals surface area contributed by atoms with E-state index in [4.69, 9.17) is 0 Å². The van der Waals surface area contributed by atoms with Crippen LogP contribution < -0.4 is 10.9 Å². The van der Waals surface area contributed by atoms with Crippen LogP contribution in [0, 0.1) is 0 Å². The Balaban J connectivity index is 1.46. The maximum absolute atomic E-state index is 13.3. The highest BCUT2D eigenvalue weighted by Crippen LogP contribution is 2.30. The number of imide groups is 1. The molecule has 1 saturated heterocycles. The lowest BCUT2D eigenvalue weighted by Crippen LogP contribution is -2.41. The second kappa shape index (κ2) is 7.30. The van der Waals surface area contributed by atoms with Gasteiger partial charge in [-0.25, -0.2) is 14.5 Å². The number of rotatable bonds is 5. The number of fused-ring (bicyclic) bond motifs is 1. The third-order valence-corrected chi connectivity index (χ3v) is 6.33. The van der Waals surface area contributed by atoms with Gasteiger partial charge < -0.3 is 5.32 Å². The van der Waals surface area contributed by atoms with Crippen LogP contribution in [0.3, 0.4) is 0 Å². The number of urea groups is 1.